The third-order valence-electron chi connectivity index (χ3n) is 18.3. The van der Waals surface area contributed by atoms with Gasteiger partial charge in [0.2, 0.25) is 0 Å². The van der Waals surface area contributed by atoms with Crippen molar-refractivity contribution in [1.29, 1.82) is 0 Å². The zero-order chi connectivity index (χ0) is 74.6. The Labute approximate surface area is 623 Å². The molecule has 17 nitrogen and oxygen atoms in total. The van der Waals surface area contributed by atoms with Gasteiger partial charge >= 0.3 is 39.5 Å². The lowest BCUT2D eigenvalue weighted by molar-refractivity contribution is -0.161. The molecule has 0 fully saturated rings. The lowest BCUT2D eigenvalue weighted by atomic mass is 10.0. The van der Waals surface area contributed by atoms with Crippen LogP contribution in [0.15, 0.2) is 48.6 Å². The number of carbonyl (C=O) groups is 4. The van der Waals surface area contributed by atoms with Crippen molar-refractivity contribution in [3.63, 3.8) is 0 Å². The van der Waals surface area contributed by atoms with Crippen molar-refractivity contribution in [3.8, 4) is 0 Å². The van der Waals surface area contributed by atoms with Crippen LogP contribution >= 0.6 is 15.6 Å². The Kier molecular flexibility index (Phi) is 74.0. The highest BCUT2D eigenvalue weighted by Gasteiger charge is 2.30. The molecule has 102 heavy (non-hydrogen) atoms. The highest BCUT2D eigenvalue weighted by atomic mass is 31.2. The molecular formula is C83H154O17P2. The SMILES string of the molecule is CCCCC/C=C\C/C=C\C/C=C\CCCCCCCCC(=O)OCC(COP(=O)(O)OCC(O)COP(=O)(O)OCC(COC(=O)CCCCCCC/C=C\CCCCCCCC)OC(=O)CCCCCCCCCCCCCCCCC)OC(=O)CCCCCCCCCCCCCCC. The monoisotopic (exact) mass is 1490 g/mol. The van der Waals surface area contributed by atoms with Gasteiger partial charge in [0.1, 0.15) is 19.3 Å². The molecule has 0 aromatic rings. The first-order valence-electron chi connectivity index (χ1n) is 41.9. The summed E-state index contributed by atoms with van der Waals surface area (Å²) in [5.74, 6) is -2.15. The van der Waals surface area contributed by atoms with Crippen molar-refractivity contribution in [1.82, 2.24) is 0 Å². The molecule has 0 aromatic carbocycles. The van der Waals surface area contributed by atoms with Crippen LogP contribution < -0.4 is 0 Å². The number of aliphatic hydroxyl groups is 1. The van der Waals surface area contributed by atoms with Crippen molar-refractivity contribution < 1.29 is 80.2 Å². The van der Waals surface area contributed by atoms with E-state index >= 15 is 0 Å². The van der Waals surface area contributed by atoms with E-state index in [4.69, 9.17) is 37.0 Å². The summed E-state index contributed by atoms with van der Waals surface area (Å²) in [6.07, 6.45) is 75.0. The molecule has 5 unspecified atom stereocenters. The molecule has 0 spiro atoms. The van der Waals surface area contributed by atoms with Gasteiger partial charge in [-0.05, 0) is 89.9 Å². The molecule has 3 N–H and O–H groups in total. The number of rotatable bonds is 80. The number of ether oxygens (including phenoxy) is 4. The Morgan fingerprint density at radius 3 is 0.765 bits per heavy atom. The number of phosphoric ester groups is 2. The largest absolute Gasteiger partial charge is 0.472 e. The second-order valence-corrected chi connectivity index (χ2v) is 31.3. The van der Waals surface area contributed by atoms with Gasteiger partial charge in [0.05, 0.1) is 26.4 Å². The predicted octanol–water partition coefficient (Wildman–Crippen LogP) is 24.5. The molecule has 5 atom stereocenters. The van der Waals surface area contributed by atoms with Gasteiger partial charge in [-0.3, -0.25) is 37.3 Å². The van der Waals surface area contributed by atoms with Crippen LogP contribution in [0, 0.1) is 0 Å². The lowest BCUT2D eigenvalue weighted by Gasteiger charge is -2.21. The summed E-state index contributed by atoms with van der Waals surface area (Å²) >= 11 is 0. The minimum absolute atomic E-state index is 0.0994. The number of unbranched alkanes of at least 4 members (excludes halogenated alkanes) is 46. The summed E-state index contributed by atoms with van der Waals surface area (Å²) in [6, 6.07) is 0. The van der Waals surface area contributed by atoms with Crippen molar-refractivity contribution in [2.75, 3.05) is 39.6 Å². The lowest BCUT2D eigenvalue weighted by Crippen LogP contribution is -2.30. The molecule has 0 saturated heterocycles. The number of aliphatic hydroxyl groups excluding tert-OH is 1. The first-order valence-corrected chi connectivity index (χ1v) is 44.9. The molecule has 0 rings (SSSR count). The maximum Gasteiger partial charge on any atom is 0.472 e. The second kappa shape index (κ2) is 76.2. The van der Waals surface area contributed by atoms with E-state index in [2.05, 4.69) is 76.3 Å². The molecule has 598 valence electrons. The molecule has 0 aromatic heterocycles. The standard InChI is InChI=1S/C83H154O17P2/c1-5-9-13-17-21-25-29-33-36-37-38-39-42-45-48-52-56-60-64-68-81(86)94-73-78(99-82(87)69-65-61-57-53-49-43-32-28-24-20-16-12-8-4)75-97-101(89,90)95-71-77(84)72-96-102(91,92)98-76-79(100-83(88)70-66-62-58-54-50-46-41-35-31-27-23-19-15-11-7-3)74-93-80(85)67-63-59-55-51-47-44-40-34-30-26-22-18-14-10-6-2/h21,25,33-34,36,38-40,77-79,84H,5-20,22-24,26-32,35,37,41-76H2,1-4H3,(H,89,90)(H,91,92)/b25-21-,36-33-,39-38-,40-34-. The third kappa shape index (κ3) is 75.3. The van der Waals surface area contributed by atoms with Gasteiger partial charge in [-0.25, -0.2) is 9.13 Å². The Hall–Kier alpha value is -2.98. The van der Waals surface area contributed by atoms with E-state index < -0.39 is 97.5 Å². The highest BCUT2D eigenvalue weighted by Crippen LogP contribution is 2.45. The summed E-state index contributed by atoms with van der Waals surface area (Å²) in [7, 11) is -9.94. The van der Waals surface area contributed by atoms with Crippen LogP contribution in [0.25, 0.3) is 0 Å². The van der Waals surface area contributed by atoms with Gasteiger partial charge in [-0.1, -0.05) is 333 Å². The third-order valence-corrected chi connectivity index (χ3v) is 20.2. The molecule has 19 heteroatoms. The molecule has 0 aliphatic heterocycles. The van der Waals surface area contributed by atoms with Crippen LogP contribution in [0.4, 0.5) is 0 Å². The number of allylic oxidation sites excluding steroid dienone is 8. The fourth-order valence-corrected chi connectivity index (χ4v) is 13.5. The van der Waals surface area contributed by atoms with Gasteiger partial charge in [0, 0.05) is 25.7 Å². The fourth-order valence-electron chi connectivity index (χ4n) is 11.9. The van der Waals surface area contributed by atoms with Crippen LogP contribution in [-0.2, 0) is 65.4 Å². The number of phosphoric acid groups is 2. The first kappa shape index (κ1) is 99.0. The summed E-state index contributed by atoms with van der Waals surface area (Å²) in [6.45, 7) is 4.93. The quantitative estimate of drug-likeness (QED) is 0.0169. The molecule has 0 radical (unpaired) electrons. The van der Waals surface area contributed by atoms with Gasteiger partial charge in [-0.15, -0.1) is 0 Å². The maximum absolute atomic E-state index is 13.1. The minimum atomic E-state index is -4.97. The molecule has 0 amide bonds. The summed E-state index contributed by atoms with van der Waals surface area (Å²) in [5, 5.41) is 10.6. The van der Waals surface area contributed by atoms with Gasteiger partial charge < -0.3 is 33.8 Å². The smallest absolute Gasteiger partial charge is 0.462 e. The highest BCUT2D eigenvalue weighted by molar-refractivity contribution is 7.47. The molecule has 0 heterocycles. The zero-order valence-electron chi connectivity index (χ0n) is 65.6. The minimum Gasteiger partial charge on any atom is -0.462 e. The summed E-state index contributed by atoms with van der Waals surface area (Å²) in [5.41, 5.74) is 0. The first-order chi connectivity index (χ1) is 49.7. The van der Waals surface area contributed by atoms with Crippen LogP contribution in [-0.4, -0.2) is 96.7 Å². The average molecular weight is 1490 g/mol. The predicted molar refractivity (Wildman–Crippen MR) is 418 cm³/mol. The van der Waals surface area contributed by atoms with E-state index in [1.165, 1.54) is 173 Å². The number of carbonyl (C=O) groups excluding carboxylic acids is 4. The fraction of sp³-hybridized carbons (Fsp3) is 0.855. The topological polar surface area (TPSA) is 237 Å². The number of esters is 4. The number of hydrogen-bond acceptors (Lipinski definition) is 15. The molecule has 0 bridgehead atoms. The van der Waals surface area contributed by atoms with Crippen LogP contribution in [0.2, 0.25) is 0 Å². The van der Waals surface area contributed by atoms with E-state index in [0.29, 0.717) is 25.7 Å². The Balaban J connectivity index is 5.30. The maximum atomic E-state index is 13.1. The Bertz CT molecular complexity index is 2120. The second-order valence-electron chi connectivity index (χ2n) is 28.4. The molecule has 0 saturated carbocycles. The van der Waals surface area contributed by atoms with Crippen molar-refractivity contribution in [3.05, 3.63) is 48.6 Å². The summed E-state index contributed by atoms with van der Waals surface area (Å²) in [4.78, 5) is 73.1. The van der Waals surface area contributed by atoms with Crippen LogP contribution in [0.5, 0.6) is 0 Å². The average Bonchev–Trinajstić information content (AvgIpc) is 0.908. The van der Waals surface area contributed by atoms with Gasteiger partial charge in [0.15, 0.2) is 12.2 Å². The normalized spacial score (nSPS) is 14.1. The summed E-state index contributed by atoms with van der Waals surface area (Å²) < 4.78 is 68.7. The van der Waals surface area contributed by atoms with E-state index in [-0.39, 0.29) is 25.7 Å². The Morgan fingerprint density at radius 1 is 0.275 bits per heavy atom. The van der Waals surface area contributed by atoms with E-state index in [1.54, 1.807) is 0 Å². The molecule has 0 aliphatic rings. The van der Waals surface area contributed by atoms with Crippen LogP contribution in [0.1, 0.15) is 400 Å². The van der Waals surface area contributed by atoms with E-state index in [0.717, 1.165) is 148 Å². The van der Waals surface area contributed by atoms with Crippen LogP contribution in [0.3, 0.4) is 0 Å². The van der Waals surface area contributed by atoms with Gasteiger partial charge in [0.25, 0.3) is 0 Å². The van der Waals surface area contributed by atoms with E-state index in [9.17, 15) is 43.2 Å². The van der Waals surface area contributed by atoms with Crippen molar-refractivity contribution in [2.24, 2.45) is 0 Å². The number of hydrogen-bond donors (Lipinski definition) is 3. The zero-order valence-corrected chi connectivity index (χ0v) is 67.3. The van der Waals surface area contributed by atoms with Crippen molar-refractivity contribution >= 4 is 39.5 Å². The molecule has 0 aliphatic carbocycles. The molecular weight excluding hydrogens is 1330 g/mol. The Morgan fingerprint density at radius 2 is 0.480 bits per heavy atom. The van der Waals surface area contributed by atoms with Gasteiger partial charge in [-0.2, -0.15) is 0 Å². The van der Waals surface area contributed by atoms with Crippen molar-refractivity contribution in [2.45, 2.75) is 418 Å². The van der Waals surface area contributed by atoms with E-state index in [1.807, 2.05) is 0 Å².